The van der Waals surface area contributed by atoms with Crippen molar-refractivity contribution in [2.75, 3.05) is 0 Å². The second-order valence-corrected chi connectivity index (χ2v) is 5.77. The van der Waals surface area contributed by atoms with Gasteiger partial charge < -0.3 is 14.3 Å². The number of nitrogens with zero attached hydrogens (tertiary/aromatic N) is 2. The number of hydrogen-bond acceptors (Lipinski definition) is 5. The highest BCUT2D eigenvalue weighted by molar-refractivity contribution is 5.78. The van der Waals surface area contributed by atoms with Gasteiger partial charge in [-0.1, -0.05) is 22.9 Å². The monoisotopic (exact) mass is 325 g/mol. The van der Waals surface area contributed by atoms with E-state index in [1.807, 2.05) is 38.1 Å². The number of carbonyl (C=O) groups is 1. The first-order valence-electron chi connectivity index (χ1n) is 7.73. The van der Waals surface area contributed by atoms with Crippen molar-refractivity contribution in [2.45, 2.75) is 33.7 Å². The number of carbonyl (C=O) groups excluding carboxylic acids is 1. The summed E-state index contributed by atoms with van der Waals surface area (Å²) in [6.07, 6.45) is 1.80. The Labute approximate surface area is 139 Å². The standard InChI is InChI=1S/C18H19N3O3/c1-11-4-6-14(7-5-11)18-20-15(10-23-18)9-19-17(22)8-16-12(2)21-24-13(16)3/h4-7,10H,8-9H2,1-3H3,(H,19,22). The highest BCUT2D eigenvalue weighted by Crippen LogP contribution is 2.19. The molecule has 124 valence electrons. The van der Waals surface area contributed by atoms with E-state index in [-0.39, 0.29) is 12.3 Å². The molecule has 0 saturated carbocycles. The molecule has 2 heterocycles. The van der Waals surface area contributed by atoms with Crippen molar-refractivity contribution in [1.29, 1.82) is 0 Å². The van der Waals surface area contributed by atoms with Gasteiger partial charge in [-0.3, -0.25) is 4.79 Å². The van der Waals surface area contributed by atoms with Crippen LogP contribution in [0.5, 0.6) is 0 Å². The minimum absolute atomic E-state index is 0.107. The van der Waals surface area contributed by atoms with Crippen molar-refractivity contribution in [3.8, 4) is 11.5 Å². The molecular formula is C18H19N3O3. The molecule has 2 aromatic heterocycles. The molecule has 0 saturated heterocycles. The highest BCUT2D eigenvalue weighted by atomic mass is 16.5. The molecule has 3 aromatic rings. The Kier molecular flexibility index (Phi) is 4.46. The third kappa shape index (κ3) is 3.53. The van der Waals surface area contributed by atoms with Crippen LogP contribution in [-0.2, 0) is 17.8 Å². The number of amides is 1. The fourth-order valence-electron chi connectivity index (χ4n) is 2.38. The summed E-state index contributed by atoms with van der Waals surface area (Å²) < 4.78 is 10.5. The molecule has 3 rings (SSSR count). The summed E-state index contributed by atoms with van der Waals surface area (Å²) in [5.41, 5.74) is 4.34. The molecule has 1 amide bonds. The van der Waals surface area contributed by atoms with Gasteiger partial charge in [0.25, 0.3) is 0 Å². The largest absolute Gasteiger partial charge is 0.444 e. The SMILES string of the molecule is Cc1ccc(-c2nc(CNC(=O)Cc3c(C)noc3C)co2)cc1. The van der Waals surface area contributed by atoms with Gasteiger partial charge in [0.1, 0.15) is 12.0 Å². The summed E-state index contributed by atoms with van der Waals surface area (Å²) in [5, 5.41) is 6.68. The molecule has 0 aliphatic carbocycles. The summed E-state index contributed by atoms with van der Waals surface area (Å²) in [7, 11) is 0. The summed E-state index contributed by atoms with van der Waals surface area (Å²) in [6, 6.07) is 7.93. The maximum atomic E-state index is 12.1. The van der Waals surface area contributed by atoms with E-state index in [2.05, 4.69) is 15.5 Å². The Morgan fingerprint density at radius 1 is 1.17 bits per heavy atom. The average Bonchev–Trinajstić information content (AvgIpc) is 3.16. The van der Waals surface area contributed by atoms with Gasteiger partial charge in [-0.2, -0.15) is 0 Å². The summed E-state index contributed by atoms with van der Waals surface area (Å²) in [5.74, 6) is 1.11. The van der Waals surface area contributed by atoms with Crippen LogP contribution in [0.25, 0.3) is 11.5 Å². The van der Waals surface area contributed by atoms with Crippen LogP contribution in [0.2, 0.25) is 0 Å². The number of aromatic nitrogens is 2. The van der Waals surface area contributed by atoms with Crippen molar-refractivity contribution < 1.29 is 13.7 Å². The van der Waals surface area contributed by atoms with Gasteiger partial charge in [0.2, 0.25) is 11.8 Å². The van der Waals surface area contributed by atoms with Crippen LogP contribution in [-0.4, -0.2) is 16.0 Å². The Hall–Kier alpha value is -2.89. The fraction of sp³-hybridized carbons (Fsp3) is 0.278. The third-order valence-corrected chi connectivity index (χ3v) is 3.84. The number of nitrogens with one attached hydrogen (secondary N) is 1. The van der Waals surface area contributed by atoms with Crippen LogP contribution in [0.1, 0.15) is 28.3 Å². The first kappa shape index (κ1) is 16.0. The van der Waals surface area contributed by atoms with Crippen LogP contribution in [0.3, 0.4) is 0 Å². The third-order valence-electron chi connectivity index (χ3n) is 3.84. The molecule has 6 heteroatoms. The second kappa shape index (κ2) is 6.70. The molecule has 6 nitrogen and oxygen atoms in total. The Balaban J connectivity index is 1.59. The highest BCUT2D eigenvalue weighted by Gasteiger charge is 2.14. The van der Waals surface area contributed by atoms with E-state index in [0.717, 1.165) is 16.8 Å². The zero-order chi connectivity index (χ0) is 17.1. The first-order chi connectivity index (χ1) is 11.5. The van der Waals surface area contributed by atoms with Crippen LogP contribution in [0, 0.1) is 20.8 Å². The Morgan fingerprint density at radius 2 is 1.92 bits per heavy atom. The maximum Gasteiger partial charge on any atom is 0.226 e. The zero-order valence-electron chi connectivity index (χ0n) is 13.9. The summed E-state index contributed by atoms with van der Waals surface area (Å²) in [6.45, 7) is 5.97. The van der Waals surface area contributed by atoms with Crippen molar-refractivity contribution in [3.63, 3.8) is 0 Å². The predicted octanol–water partition coefficient (Wildman–Crippen LogP) is 3.11. The molecule has 0 atom stereocenters. The number of rotatable bonds is 5. The molecule has 24 heavy (non-hydrogen) atoms. The van der Waals surface area contributed by atoms with E-state index in [0.29, 0.717) is 23.9 Å². The fourth-order valence-corrected chi connectivity index (χ4v) is 2.38. The molecule has 0 fully saturated rings. The number of oxazole rings is 1. The van der Waals surface area contributed by atoms with Gasteiger partial charge in [-0.15, -0.1) is 0 Å². The van der Waals surface area contributed by atoms with Gasteiger partial charge in [-0.05, 0) is 32.9 Å². The van der Waals surface area contributed by atoms with Crippen LogP contribution in [0.4, 0.5) is 0 Å². The minimum atomic E-state index is -0.107. The van der Waals surface area contributed by atoms with Crippen LogP contribution >= 0.6 is 0 Å². The van der Waals surface area contributed by atoms with E-state index in [1.54, 1.807) is 13.2 Å². The normalized spacial score (nSPS) is 10.8. The van der Waals surface area contributed by atoms with Gasteiger partial charge in [0.05, 0.1) is 24.4 Å². The van der Waals surface area contributed by atoms with Crippen LogP contribution < -0.4 is 5.32 Å². The Bertz CT molecular complexity index is 827. The maximum absolute atomic E-state index is 12.1. The minimum Gasteiger partial charge on any atom is -0.444 e. The van der Waals surface area contributed by atoms with Crippen molar-refractivity contribution in [1.82, 2.24) is 15.5 Å². The number of benzene rings is 1. The lowest BCUT2D eigenvalue weighted by Gasteiger charge is -2.02. The van der Waals surface area contributed by atoms with E-state index in [4.69, 9.17) is 8.94 Å². The van der Waals surface area contributed by atoms with E-state index < -0.39 is 0 Å². The molecule has 0 spiro atoms. The first-order valence-corrected chi connectivity index (χ1v) is 7.73. The molecule has 1 N–H and O–H groups in total. The van der Waals surface area contributed by atoms with Gasteiger partial charge in [0.15, 0.2) is 0 Å². The lowest BCUT2D eigenvalue weighted by atomic mass is 10.1. The van der Waals surface area contributed by atoms with E-state index >= 15 is 0 Å². The van der Waals surface area contributed by atoms with Gasteiger partial charge in [0, 0.05) is 11.1 Å². The number of hydrogen-bond donors (Lipinski definition) is 1. The molecule has 1 aromatic carbocycles. The quantitative estimate of drug-likeness (QED) is 0.779. The molecule has 0 aliphatic rings. The predicted molar refractivity (Wildman–Crippen MR) is 88.2 cm³/mol. The number of aryl methyl sites for hydroxylation is 3. The van der Waals surface area contributed by atoms with E-state index in [1.165, 1.54) is 5.56 Å². The average molecular weight is 325 g/mol. The molecular weight excluding hydrogens is 306 g/mol. The van der Waals surface area contributed by atoms with Gasteiger partial charge >= 0.3 is 0 Å². The van der Waals surface area contributed by atoms with Crippen molar-refractivity contribution in [2.24, 2.45) is 0 Å². The van der Waals surface area contributed by atoms with Crippen molar-refractivity contribution >= 4 is 5.91 Å². The lowest BCUT2D eigenvalue weighted by molar-refractivity contribution is -0.120. The lowest BCUT2D eigenvalue weighted by Crippen LogP contribution is -2.25. The van der Waals surface area contributed by atoms with Crippen molar-refractivity contribution in [3.05, 3.63) is 58.8 Å². The Morgan fingerprint density at radius 3 is 2.58 bits per heavy atom. The smallest absolute Gasteiger partial charge is 0.226 e. The summed E-state index contributed by atoms with van der Waals surface area (Å²) in [4.78, 5) is 16.5. The van der Waals surface area contributed by atoms with Crippen LogP contribution in [0.15, 0.2) is 39.5 Å². The zero-order valence-corrected chi connectivity index (χ0v) is 13.9. The topological polar surface area (TPSA) is 81.2 Å². The summed E-state index contributed by atoms with van der Waals surface area (Å²) >= 11 is 0. The second-order valence-electron chi connectivity index (χ2n) is 5.77. The van der Waals surface area contributed by atoms with Gasteiger partial charge in [-0.25, -0.2) is 4.98 Å². The molecule has 0 radical (unpaired) electrons. The van der Waals surface area contributed by atoms with E-state index in [9.17, 15) is 4.79 Å². The molecule has 0 unspecified atom stereocenters. The molecule has 0 bridgehead atoms. The molecule has 0 aliphatic heterocycles.